The fourth-order valence-corrected chi connectivity index (χ4v) is 2.85. The van der Waals surface area contributed by atoms with Crippen molar-refractivity contribution in [1.29, 1.82) is 0 Å². The number of thioether (sulfide) groups is 1. The van der Waals surface area contributed by atoms with E-state index in [0.717, 1.165) is 39.1 Å². The SMILES string of the molecule is Clc1ccc2nc(SCCc3ccccn3)[nH]c2c1. The van der Waals surface area contributed by atoms with Gasteiger partial charge in [0.15, 0.2) is 5.16 Å². The second-order valence-corrected chi connectivity index (χ2v) is 5.64. The van der Waals surface area contributed by atoms with Crippen LogP contribution >= 0.6 is 23.4 Å². The van der Waals surface area contributed by atoms with Gasteiger partial charge in [0.2, 0.25) is 0 Å². The molecule has 0 saturated carbocycles. The van der Waals surface area contributed by atoms with Crippen LogP contribution in [0.2, 0.25) is 5.02 Å². The van der Waals surface area contributed by atoms with Gasteiger partial charge in [-0.25, -0.2) is 4.98 Å². The maximum Gasteiger partial charge on any atom is 0.166 e. The van der Waals surface area contributed by atoms with Gasteiger partial charge in [0, 0.05) is 22.7 Å². The van der Waals surface area contributed by atoms with Crippen molar-refractivity contribution in [2.75, 3.05) is 5.75 Å². The summed E-state index contributed by atoms with van der Waals surface area (Å²) in [6, 6.07) is 11.7. The molecule has 0 bridgehead atoms. The van der Waals surface area contributed by atoms with Gasteiger partial charge in [0.1, 0.15) is 0 Å². The van der Waals surface area contributed by atoms with Gasteiger partial charge in [-0.05, 0) is 36.8 Å². The zero-order valence-corrected chi connectivity index (χ0v) is 11.7. The molecule has 1 aromatic carbocycles. The third-order valence-electron chi connectivity index (χ3n) is 2.75. The number of imidazole rings is 1. The lowest BCUT2D eigenvalue weighted by Gasteiger charge is -1.98. The van der Waals surface area contributed by atoms with Gasteiger partial charge in [-0.1, -0.05) is 29.4 Å². The first-order valence-corrected chi connectivity index (χ1v) is 7.35. The summed E-state index contributed by atoms with van der Waals surface area (Å²) in [6.07, 6.45) is 2.76. The van der Waals surface area contributed by atoms with Crippen LogP contribution < -0.4 is 0 Å². The van der Waals surface area contributed by atoms with Gasteiger partial charge in [-0.3, -0.25) is 4.98 Å². The van der Waals surface area contributed by atoms with Crippen molar-refractivity contribution in [2.24, 2.45) is 0 Å². The monoisotopic (exact) mass is 289 g/mol. The molecule has 0 saturated heterocycles. The number of hydrogen-bond acceptors (Lipinski definition) is 3. The van der Waals surface area contributed by atoms with Crippen LogP contribution in [-0.2, 0) is 6.42 Å². The zero-order valence-electron chi connectivity index (χ0n) is 10.1. The maximum absolute atomic E-state index is 5.95. The highest BCUT2D eigenvalue weighted by molar-refractivity contribution is 7.99. The molecular formula is C14H12ClN3S. The van der Waals surface area contributed by atoms with E-state index in [-0.39, 0.29) is 0 Å². The normalized spacial score (nSPS) is 11.0. The number of fused-ring (bicyclic) bond motifs is 1. The number of H-pyrrole nitrogens is 1. The van der Waals surface area contributed by atoms with Crippen molar-refractivity contribution in [3.8, 4) is 0 Å². The van der Waals surface area contributed by atoms with Gasteiger partial charge in [0.05, 0.1) is 11.0 Å². The molecule has 2 aromatic heterocycles. The molecule has 3 nitrogen and oxygen atoms in total. The largest absolute Gasteiger partial charge is 0.333 e. The van der Waals surface area contributed by atoms with E-state index < -0.39 is 0 Å². The fourth-order valence-electron chi connectivity index (χ4n) is 1.83. The van der Waals surface area contributed by atoms with E-state index in [1.54, 1.807) is 11.8 Å². The number of aryl methyl sites for hydroxylation is 1. The summed E-state index contributed by atoms with van der Waals surface area (Å²) in [7, 11) is 0. The van der Waals surface area contributed by atoms with Gasteiger partial charge in [0.25, 0.3) is 0 Å². The molecule has 0 aliphatic rings. The number of rotatable bonds is 4. The summed E-state index contributed by atoms with van der Waals surface area (Å²) in [4.78, 5) is 12.1. The number of benzene rings is 1. The molecule has 3 aromatic rings. The lowest BCUT2D eigenvalue weighted by molar-refractivity contribution is 1.03. The van der Waals surface area contributed by atoms with E-state index in [2.05, 4.69) is 15.0 Å². The van der Waals surface area contributed by atoms with Crippen molar-refractivity contribution >= 4 is 34.4 Å². The summed E-state index contributed by atoms with van der Waals surface area (Å²) in [5.74, 6) is 0.949. The van der Waals surface area contributed by atoms with Crippen molar-refractivity contribution in [3.05, 3.63) is 53.3 Å². The van der Waals surface area contributed by atoms with Gasteiger partial charge < -0.3 is 4.98 Å². The average molecular weight is 290 g/mol. The summed E-state index contributed by atoms with van der Waals surface area (Å²) in [6.45, 7) is 0. The van der Waals surface area contributed by atoms with Crippen molar-refractivity contribution in [2.45, 2.75) is 11.6 Å². The molecule has 0 fully saturated rings. The van der Waals surface area contributed by atoms with Crippen molar-refractivity contribution < 1.29 is 0 Å². The molecule has 3 rings (SSSR count). The molecule has 19 heavy (non-hydrogen) atoms. The molecule has 0 aliphatic carbocycles. The molecule has 2 heterocycles. The molecule has 96 valence electrons. The van der Waals surface area contributed by atoms with Crippen LogP contribution in [0.4, 0.5) is 0 Å². The highest BCUT2D eigenvalue weighted by Crippen LogP contribution is 2.22. The summed E-state index contributed by atoms with van der Waals surface area (Å²) < 4.78 is 0. The third kappa shape index (κ3) is 3.08. The lowest BCUT2D eigenvalue weighted by atomic mass is 10.3. The summed E-state index contributed by atoms with van der Waals surface area (Å²) in [5.41, 5.74) is 3.03. The average Bonchev–Trinajstić information content (AvgIpc) is 2.82. The highest BCUT2D eigenvalue weighted by Gasteiger charge is 2.04. The summed E-state index contributed by atoms with van der Waals surface area (Å²) >= 11 is 7.65. The third-order valence-corrected chi connectivity index (χ3v) is 3.86. The van der Waals surface area contributed by atoms with Crippen LogP contribution in [0.15, 0.2) is 47.8 Å². The van der Waals surface area contributed by atoms with Crippen molar-refractivity contribution in [3.63, 3.8) is 0 Å². The number of aromatic nitrogens is 3. The van der Waals surface area contributed by atoms with E-state index >= 15 is 0 Å². The van der Waals surface area contributed by atoms with Gasteiger partial charge in [-0.2, -0.15) is 0 Å². The molecule has 1 N–H and O–H groups in total. The second kappa shape index (κ2) is 5.63. The number of aromatic amines is 1. The van der Waals surface area contributed by atoms with Crippen LogP contribution in [0.5, 0.6) is 0 Å². The Morgan fingerprint density at radius 3 is 3.00 bits per heavy atom. The van der Waals surface area contributed by atoms with Gasteiger partial charge >= 0.3 is 0 Å². The van der Waals surface area contributed by atoms with Crippen molar-refractivity contribution in [1.82, 2.24) is 15.0 Å². The standard InChI is InChI=1S/C14H12ClN3S/c15-10-4-5-12-13(9-10)18-14(17-12)19-8-6-11-3-1-2-7-16-11/h1-5,7,9H,6,8H2,(H,17,18). The smallest absolute Gasteiger partial charge is 0.166 e. The predicted octanol–water partition coefficient (Wildman–Crippen LogP) is 3.95. The van der Waals surface area contributed by atoms with Crippen LogP contribution in [-0.4, -0.2) is 20.7 Å². The molecule has 0 amide bonds. The Labute approximate surface area is 120 Å². The van der Waals surface area contributed by atoms with E-state index in [4.69, 9.17) is 11.6 Å². The van der Waals surface area contributed by atoms with E-state index in [1.165, 1.54) is 0 Å². The summed E-state index contributed by atoms with van der Waals surface area (Å²) in [5, 5.41) is 1.65. The van der Waals surface area contributed by atoms with Crippen LogP contribution in [0, 0.1) is 0 Å². The lowest BCUT2D eigenvalue weighted by Crippen LogP contribution is -1.91. The molecule has 0 aliphatic heterocycles. The Hall–Kier alpha value is -1.52. The van der Waals surface area contributed by atoms with Gasteiger partial charge in [-0.15, -0.1) is 0 Å². The zero-order chi connectivity index (χ0) is 13.1. The Bertz CT molecular complexity index is 681. The molecule has 0 unspecified atom stereocenters. The first-order chi connectivity index (χ1) is 9.31. The number of nitrogens with one attached hydrogen (secondary N) is 1. The van der Waals surface area contributed by atoms with Crippen LogP contribution in [0.3, 0.4) is 0 Å². The minimum absolute atomic E-state index is 0.723. The number of nitrogens with zero attached hydrogens (tertiary/aromatic N) is 2. The van der Waals surface area contributed by atoms with Crippen LogP contribution in [0.25, 0.3) is 11.0 Å². The highest BCUT2D eigenvalue weighted by atomic mass is 35.5. The van der Waals surface area contributed by atoms with E-state index in [0.29, 0.717) is 0 Å². The molecule has 0 spiro atoms. The molecule has 0 radical (unpaired) electrons. The minimum Gasteiger partial charge on any atom is -0.333 e. The molecule has 5 heteroatoms. The number of hydrogen-bond donors (Lipinski definition) is 1. The fraction of sp³-hybridized carbons (Fsp3) is 0.143. The maximum atomic E-state index is 5.95. The Kier molecular flexibility index (Phi) is 3.71. The Morgan fingerprint density at radius 2 is 2.16 bits per heavy atom. The Balaban J connectivity index is 1.65. The Morgan fingerprint density at radius 1 is 1.21 bits per heavy atom. The molecule has 0 atom stereocenters. The van der Waals surface area contributed by atoms with E-state index in [9.17, 15) is 0 Å². The van der Waals surface area contributed by atoms with Crippen LogP contribution in [0.1, 0.15) is 5.69 Å². The first-order valence-electron chi connectivity index (χ1n) is 5.99. The minimum atomic E-state index is 0.723. The predicted molar refractivity (Wildman–Crippen MR) is 79.8 cm³/mol. The molecular weight excluding hydrogens is 278 g/mol. The number of halogens is 1. The first kappa shape index (κ1) is 12.5. The quantitative estimate of drug-likeness (QED) is 0.740. The second-order valence-electron chi connectivity index (χ2n) is 4.12. The van der Waals surface area contributed by atoms with E-state index in [1.807, 2.05) is 42.6 Å². The topological polar surface area (TPSA) is 41.6 Å². The number of pyridine rings is 1.